The highest BCUT2D eigenvalue weighted by molar-refractivity contribution is 7.99. The Kier molecular flexibility index (Phi) is 7.51. The summed E-state index contributed by atoms with van der Waals surface area (Å²) in [5, 5.41) is 6.10. The molecule has 1 saturated heterocycles. The number of urea groups is 1. The van der Waals surface area contributed by atoms with Crippen molar-refractivity contribution in [2.75, 3.05) is 31.6 Å². The lowest BCUT2D eigenvalue weighted by molar-refractivity contribution is 0.211. The van der Waals surface area contributed by atoms with Crippen molar-refractivity contribution in [3.63, 3.8) is 0 Å². The Bertz CT molecular complexity index is 242. The maximum absolute atomic E-state index is 11.8. The molecule has 0 aromatic heterocycles. The summed E-state index contributed by atoms with van der Waals surface area (Å²) in [6.07, 6.45) is 3.16. The normalized spacial score (nSPS) is 19.5. The van der Waals surface area contributed by atoms with Crippen molar-refractivity contribution in [2.24, 2.45) is 0 Å². The van der Waals surface area contributed by atoms with E-state index >= 15 is 0 Å². The summed E-state index contributed by atoms with van der Waals surface area (Å²) < 4.78 is 0. The van der Waals surface area contributed by atoms with Gasteiger partial charge in [-0.05, 0) is 57.8 Å². The fourth-order valence-electron chi connectivity index (χ4n) is 2.08. The molecule has 0 spiro atoms. The molecule has 1 heterocycles. The first-order valence-electron chi connectivity index (χ1n) is 6.95. The van der Waals surface area contributed by atoms with Crippen LogP contribution in [0.3, 0.4) is 0 Å². The van der Waals surface area contributed by atoms with E-state index in [0.29, 0.717) is 6.04 Å². The van der Waals surface area contributed by atoms with E-state index in [0.717, 1.165) is 43.9 Å². The maximum Gasteiger partial charge on any atom is 0.315 e. The highest BCUT2D eigenvalue weighted by Gasteiger charge is 2.18. The fourth-order valence-corrected chi connectivity index (χ4v) is 2.89. The van der Waals surface area contributed by atoms with Gasteiger partial charge in [-0.1, -0.05) is 6.92 Å². The highest BCUT2D eigenvalue weighted by Crippen LogP contribution is 2.08. The molecule has 1 fully saturated rings. The quantitative estimate of drug-likeness (QED) is 0.727. The monoisotopic (exact) mass is 273 g/mol. The van der Waals surface area contributed by atoms with Gasteiger partial charge in [0, 0.05) is 12.1 Å². The van der Waals surface area contributed by atoms with Gasteiger partial charge < -0.3 is 15.5 Å². The van der Waals surface area contributed by atoms with E-state index < -0.39 is 0 Å². The van der Waals surface area contributed by atoms with Crippen LogP contribution in [0.25, 0.3) is 0 Å². The predicted molar refractivity (Wildman–Crippen MR) is 79.3 cm³/mol. The van der Waals surface area contributed by atoms with Crippen LogP contribution in [0.5, 0.6) is 0 Å². The molecule has 0 saturated carbocycles. The molecule has 0 aliphatic carbocycles. The average Bonchev–Trinajstić information content (AvgIpc) is 2.32. The van der Waals surface area contributed by atoms with E-state index in [1.807, 2.05) is 11.8 Å². The molecule has 1 atom stereocenters. The van der Waals surface area contributed by atoms with Crippen LogP contribution in [0, 0.1) is 0 Å². The SMILES string of the molecule is CCSCC[C@H](C)NC(=O)NC1CCN(C)CC1. The van der Waals surface area contributed by atoms with Crippen LogP contribution in [0.4, 0.5) is 4.79 Å². The van der Waals surface area contributed by atoms with Crippen molar-refractivity contribution >= 4 is 17.8 Å². The van der Waals surface area contributed by atoms with Crippen molar-refractivity contribution in [1.29, 1.82) is 0 Å². The summed E-state index contributed by atoms with van der Waals surface area (Å²) in [6.45, 7) is 6.39. The summed E-state index contributed by atoms with van der Waals surface area (Å²) in [5.41, 5.74) is 0. The number of hydrogen-bond donors (Lipinski definition) is 2. The Morgan fingerprint density at radius 2 is 2.11 bits per heavy atom. The Labute approximate surface area is 115 Å². The molecule has 0 aromatic carbocycles. The molecular formula is C13H27N3OS. The van der Waals surface area contributed by atoms with E-state index in [1.165, 1.54) is 0 Å². The number of rotatable bonds is 6. The Hall–Kier alpha value is -0.420. The van der Waals surface area contributed by atoms with E-state index in [1.54, 1.807) is 0 Å². The fraction of sp³-hybridized carbons (Fsp3) is 0.923. The van der Waals surface area contributed by atoms with Gasteiger partial charge in [-0.15, -0.1) is 0 Å². The number of thioether (sulfide) groups is 1. The minimum Gasteiger partial charge on any atom is -0.336 e. The molecule has 0 unspecified atom stereocenters. The smallest absolute Gasteiger partial charge is 0.315 e. The first kappa shape index (κ1) is 15.6. The zero-order chi connectivity index (χ0) is 13.4. The zero-order valence-corrected chi connectivity index (χ0v) is 12.7. The third-order valence-corrected chi connectivity index (χ3v) is 4.26. The van der Waals surface area contributed by atoms with Gasteiger partial charge in [-0.2, -0.15) is 11.8 Å². The van der Waals surface area contributed by atoms with Gasteiger partial charge in [-0.25, -0.2) is 4.79 Å². The van der Waals surface area contributed by atoms with E-state index in [9.17, 15) is 4.79 Å². The number of likely N-dealkylation sites (tertiary alicyclic amines) is 1. The zero-order valence-electron chi connectivity index (χ0n) is 11.9. The molecule has 4 nitrogen and oxygen atoms in total. The van der Waals surface area contributed by atoms with Gasteiger partial charge in [0.15, 0.2) is 0 Å². The third kappa shape index (κ3) is 6.50. The largest absolute Gasteiger partial charge is 0.336 e. The molecule has 18 heavy (non-hydrogen) atoms. The second kappa shape index (κ2) is 8.64. The second-order valence-corrected chi connectivity index (χ2v) is 6.48. The summed E-state index contributed by atoms with van der Waals surface area (Å²) in [4.78, 5) is 14.1. The third-order valence-electron chi connectivity index (χ3n) is 3.33. The molecule has 2 N–H and O–H groups in total. The summed E-state index contributed by atoms with van der Waals surface area (Å²) in [6, 6.07) is 0.604. The standard InChI is InChI=1S/C13H27N3OS/c1-4-18-10-7-11(2)14-13(17)15-12-5-8-16(3)9-6-12/h11-12H,4-10H2,1-3H3,(H2,14,15,17)/t11-/m0/s1. The Morgan fingerprint density at radius 1 is 1.44 bits per heavy atom. The summed E-state index contributed by atoms with van der Waals surface area (Å²) in [5.74, 6) is 2.26. The molecule has 1 aliphatic heterocycles. The molecule has 2 amide bonds. The van der Waals surface area contributed by atoms with Crippen LogP contribution < -0.4 is 10.6 Å². The van der Waals surface area contributed by atoms with Crippen LogP contribution in [0.2, 0.25) is 0 Å². The topological polar surface area (TPSA) is 44.4 Å². The molecular weight excluding hydrogens is 246 g/mol. The maximum atomic E-state index is 11.8. The van der Waals surface area contributed by atoms with Crippen molar-refractivity contribution < 1.29 is 4.79 Å². The van der Waals surface area contributed by atoms with Crippen LogP contribution >= 0.6 is 11.8 Å². The van der Waals surface area contributed by atoms with Crippen LogP contribution in [-0.2, 0) is 0 Å². The van der Waals surface area contributed by atoms with E-state index in [4.69, 9.17) is 0 Å². The number of nitrogens with one attached hydrogen (secondary N) is 2. The first-order chi connectivity index (χ1) is 8.61. The number of piperidine rings is 1. The minimum atomic E-state index is -0.00134. The van der Waals surface area contributed by atoms with Crippen LogP contribution in [0.15, 0.2) is 0 Å². The minimum absolute atomic E-state index is 0.00134. The van der Waals surface area contributed by atoms with E-state index in [-0.39, 0.29) is 12.1 Å². The second-order valence-electron chi connectivity index (χ2n) is 5.08. The molecule has 1 rings (SSSR count). The average molecular weight is 273 g/mol. The van der Waals surface area contributed by atoms with Gasteiger partial charge in [0.25, 0.3) is 0 Å². The Morgan fingerprint density at radius 3 is 2.72 bits per heavy atom. The molecule has 0 radical (unpaired) electrons. The molecule has 106 valence electrons. The van der Waals surface area contributed by atoms with Crippen LogP contribution in [0.1, 0.15) is 33.1 Å². The van der Waals surface area contributed by atoms with Crippen molar-refractivity contribution in [2.45, 2.75) is 45.2 Å². The highest BCUT2D eigenvalue weighted by atomic mass is 32.2. The predicted octanol–water partition coefficient (Wildman–Crippen LogP) is 1.91. The van der Waals surface area contributed by atoms with Gasteiger partial charge in [0.1, 0.15) is 0 Å². The van der Waals surface area contributed by atoms with Crippen molar-refractivity contribution in [3.8, 4) is 0 Å². The lowest BCUT2D eigenvalue weighted by Gasteiger charge is -2.29. The molecule has 1 aliphatic rings. The number of carbonyl (C=O) groups is 1. The number of nitrogens with zero attached hydrogens (tertiary/aromatic N) is 1. The molecule has 0 bridgehead atoms. The van der Waals surface area contributed by atoms with Crippen molar-refractivity contribution in [3.05, 3.63) is 0 Å². The van der Waals surface area contributed by atoms with Gasteiger partial charge in [-0.3, -0.25) is 0 Å². The number of carbonyl (C=O) groups excluding carboxylic acids is 1. The van der Waals surface area contributed by atoms with Gasteiger partial charge in [0.2, 0.25) is 0 Å². The lowest BCUT2D eigenvalue weighted by atomic mass is 10.1. The summed E-state index contributed by atoms with van der Waals surface area (Å²) >= 11 is 1.92. The number of amides is 2. The van der Waals surface area contributed by atoms with Gasteiger partial charge in [0.05, 0.1) is 0 Å². The lowest BCUT2D eigenvalue weighted by Crippen LogP contribution is -2.49. The van der Waals surface area contributed by atoms with Crippen LogP contribution in [-0.4, -0.2) is 54.7 Å². The molecule has 0 aromatic rings. The van der Waals surface area contributed by atoms with E-state index in [2.05, 4.69) is 36.4 Å². The first-order valence-corrected chi connectivity index (χ1v) is 8.10. The van der Waals surface area contributed by atoms with Gasteiger partial charge >= 0.3 is 6.03 Å². The van der Waals surface area contributed by atoms with Crippen molar-refractivity contribution in [1.82, 2.24) is 15.5 Å². The summed E-state index contributed by atoms with van der Waals surface area (Å²) in [7, 11) is 2.13. The Balaban J connectivity index is 2.12. The number of hydrogen-bond acceptors (Lipinski definition) is 3. The molecule has 5 heteroatoms.